The molecule has 3 N–H and O–H groups in total. The van der Waals surface area contributed by atoms with Crippen LogP contribution in [0, 0.1) is 0 Å². The van der Waals surface area contributed by atoms with Crippen LogP contribution in [0.3, 0.4) is 0 Å². The Bertz CT molecular complexity index is 525. The topological polar surface area (TPSA) is 65.4 Å². The number of benzene rings is 1. The number of aromatic hydroxyl groups is 2. The first kappa shape index (κ1) is 12.9. The van der Waals surface area contributed by atoms with Crippen molar-refractivity contribution in [1.82, 2.24) is 10.3 Å². The van der Waals surface area contributed by atoms with Crippen LogP contribution >= 0.6 is 11.3 Å². The molecule has 0 saturated heterocycles. The highest BCUT2D eigenvalue weighted by molar-refractivity contribution is 7.11. The molecule has 0 spiro atoms. The van der Waals surface area contributed by atoms with Crippen molar-refractivity contribution in [1.29, 1.82) is 0 Å². The van der Waals surface area contributed by atoms with Gasteiger partial charge in [-0.05, 0) is 12.5 Å². The van der Waals surface area contributed by atoms with E-state index in [1.807, 2.05) is 6.20 Å². The molecule has 0 aliphatic heterocycles. The fourth-order valence-corrected chi connectivity index (χ4v) is 2.43. The number of hydrogen-bond donors (Lipinski definition) is 3. The van der Waals surface area contributed by atoms with E-state index in [9.17, 15) is 10.2 Å². The molecule has 96 valence electrons. The molecule has 1 heterocycles. The molecule has 1 aromatic carbocycles. The molecule has 18 heavy (non-hydrogen) atoms. The zero-order valence-corrected chi connectivity index (χ0v) is 11.0. The van der Waals surface area contributed by atoms with Crippen LogP contribution < -0.4 is 5.32 Å². The average molecular weight is 264 g/mol. The van der Waals surface area contributed by atoms with Gasteiger partial charge < -0.3 is 15.5 Å². The molecule has 4 nitrogen and oxygen atoms in total. The lowest BCUT2D eigenvalue weighted by atomic mass is 10.2. The SMILES string of the molecule is CCc1cnc(CNCc2ccc(O)cc2O)s1. The molecule has 2 aromatic rings. The van der Waals surface area contributed by atoms with Gasteiger partial charge in [-0.1, -0.05) is 13.0 Å². The van der Waals surface area contributed by atoms with E-state index in [4.69, 9.17) is 0 Å². The van der Waals surface area contributed by atoms with E-state index in [2.05, 4.69) is 17.2 Å². The second-order valence-corrected chi connectivity index (χ2v) is 5.19. The van der Waals surface area contributed by atoms with E-state index >= 15 is 0 Å². The molecule has 0 fully saturated rings. The summed E-state index contributed by atoms with van der Waals surface area (Å²) in [4.78, 5) is 5.59. The van der Waals surface area contributed by atoms with Crippen LogP contribution in [0.4, 0.5) is 0 Å². The summed E-state index contributed by atoms with van der Waals surface area (Å²) in [6, 6.07) is 4.61. The Morgan fingerprint density at radius 2 is 2.11 bits per heavy atom. The molecule has 2 rings (SSSR count). The number of nitrogens with one attached hydrogen (secondary N) is 1. The van der Waals surface area contributed by atoms with Crippen molar-refractivity contribution in [2.45, 2.75) is 26.4 Å². The maximum atomic E-state index is 9.62. The number of nitrogens with zero attached hydrogens (tertiary/aromatic N) is 1. The zero-order chi connectivity index (χ0) is 13.0. The smallest absolute Gasteiger partial charge is 0.123 e. The summed E-state index contributed by atoms with van der Waals surface area (Å²) < 4.78 is 0. The fourth-order valence-electron chi connectivity index (χ4n) is 1.60. The number of aromatic nitrogens is 1. The predicted molar refractivity (Wildman–Crippen MR) is 71.8 cm³/mol. The Hall–Kier alpha value is -1.59. The average Bonchev–Trinajstić information content (AvgIpc) is 2.80. The van der Waals surface area contributed by atoms with Crippen LogP contribution in [0.5, 0.6) is 11.5 Å². The Morgan fingerprint density at radius 3 is 2.78 bits per heavy atom. The van der Waals surface area contributed by atoms with E-state index in [-0.39, 0.29) is 11.5 Å². The number of aryl methyl sites for hydroxylation is 1. The first-order valence-electron chi connectivity index (χ1n) is 5.84. The molecule has 0 amide bonds. The van der Waals surface area contributed by atoms with Gasteiger partial charge in [0, 0.05) is 35.8 Å². The molecule has 0 radical (unpaired) electrons. The highest BCUT2D eigenvalue weighted by atomic mass is 32.1. The minimum Gasteiger partial charge on any atom is -0.508 e. The summed E-state index contributed by atoms with van der Waals surface area (Å²) in [6.07, 6.45) is 2.91. The highest BCUT2D eigenvalue weighted by Crippen LogP contribution is 2.22. The Labute approximate surface area is 110 Å². The lowest BCUT2D eigenvalue weighted by Gasteiger charge is -2.05. The van der Waals surface area contributed by atoms with Gasteiger partial charge in [-0.2, -0.15) is 0 Å². The summed E-state index contributed by atoms with van der Waals surface area (Å²) in [6.45, 7) is 3.34. The van der Waals surface area contributed by atoms with Gasteiger partial charge in [-0.3, -0.25) is 0 Å². The highest BCUT2D eigenvalue weighted by Gasteiger charge is 2.03. The minimum absolute atomic E-state index is 0.0729. The number of thiazole rings is 1. The van der Waals surface area contributed by atoms with Crippen LogP contribution in [-0.2, 0) is 19.5 Å². The van der Waals surface area contributed by atoms with Crippen molar-refractivity contribution in [3.63, 3.8) is 0 Å². The molecule has 5 heteroatoms. The van der Waals surface area contributed by atoms with Gasteiger partial charge in [-0.25, -0.2) is 4.98 Å². The third kappa shape index (κ3) is 3.21. The van der Waals surface area contributed by atoms with Gasteiger partial charge >= 0.3 is 0 Å². The van der Waals surface area contributed by atoms with Crippen molar-refractivity contribution < 1.29 is 10.2 Å². The van der Waals surface area contributed by atoms with Gasteiger partial charge in [-0.15, -0.1) is 11.3 Å². The molecule has 0 aliphatic rings. The maximum absolute atomic E-state index is 9.62. The summed E-state index contributed by atoms with van der Waals surface area (Å²) >= 11 is 1.70. The van der Waals surface area contributed by atoms with Gasteiger partial charge in [0.2, 0.25) is 0 Å². The van der Waals surface area contributed by atoms with Crippen molar-refractivity contribution in [2.24, 2.45) is 0 Å². The second kappa shape index (κ2) is 5.84. The zero-order valence-electron chi connectivity index (χ0n) is 10.2. The third-order valence-electron chi connectivity index (χ3n) is 2.61. The van der Waals surface area contributed by atoms with Crippen molar-refractivity contribution in [2.75, 3.05) is 0 Å². The number of phenols is 2. The Morgan fingerprint density at radius 1 is 1.28 bits per heavy atom. The van der Waals surface area contributed by atoms with E-state index in [1.165, 1.54) is 10.9 Å². The van der Waals surface area contributed by atoms with Gasteiger partial charge in [0.1, 0.15) is 16.5 Å². The molecule has 0 aliphatic carbocycles. The number of phenolic OH excluding ortho intramolecular Hbond substituents is 2. The maximum Gasteiger partial charge on any atom is 0.123 e. The normalized spacial score (nSPS) is 10.7. The van der Waals surface area contributed by atoms with E-state index in [0.717, 1.165) is 17.0 Å². The largest absolute Gasteiger partial charge is 0.508 e. The number of rotatable bonds is 5. The lowest BCUT2D eigenvalue weighted by molar-refractivity contribution is 0.443. The number of hydrogen-bond acceptors (Lipinski definition) is 5. The molecule has 0 saturated carbocycles. The van der Waals surface area contributed by atoms with Crippen molar-refractivity contribution in [3.8, 4) is 11.5 Å². The van der Waals surface area contributed by atoms with Gasteiger partial charge in [0.25, 0.3) is 0 Å². The first-order valence-corrected chi connectivity index (χ1v) is 6.66. The van der Waals surface area contributed by atoms with Crippen LogP contribution in [0.1, 0.15) is 22.4 Å². The van der Waals surface area contributed by atoms with E-state index in [0.29, 0.717) is 13.1 Å². The summed E-state index contributed by atoms with van der Waals surface area (Å²) in [5.41, 5.74) is 0.764. The summed E-state index contributed by atoms with van der Waals surface area (Å²) in [5.74, 6) is 0.180. The standard InChI is InChI=1S/C13H16N2O2S/c1-2-11-7-15-13(18-11)8-14-6-9-3-4-10(16)5-12(9)17/h3-5,7,14,16-17H,2,6,8H2,1H3. The van der Waals surface area contributed by atoms with Crippen molar-refractivity contribution >= 4 is 11.3 Å². The van der Waals surface area contributed by atoms with Gasteiger partial charge in [0.05, 0.1) is 0 Å². The lowest BCUT2D eigenvalue weighted by Crippen LogP contribution is -2.12. The predicted octanol–water partition coefficient (Wildman–Crippen LogP) is 2.41. The summed E-state index contributed by atoms with van der Waals surface area (Å²) in [5, 5.41) is 23.1. The fraction of sp³-hybridized carbons (Fsp3) is 0.308. The second-order valence-electron chi connectivity index (χ2n) is 3.99. The molecular formula is C13H16N2O2S. The Kier molecular flexibility index (Phi) is 4.17. The van der Waals surface area contributed by atoms with Crippen LogP contribution in [-0.4, -0.2) is 15.2 Å². The molecule has 1 aromatic heterocycles. The molecule has 0 bridgehead atoms. The quantitative estimate of drug-likeness (QED) is 0.776. The monoisotopic (exact) mass is 264 g/mol. The van der Waals surface area contributed by atoms with E-state index in [1.54, 1.807) is 23.5 Å². The van der Waals surface area contributed by atoms with Crippen LogP contribution in [0.2, 0.25) is 0 Å². The Balaban J connectivity index is 1.88. The molecule has 0 unspecified atom stereocenters. The summed E-state index contributed by atoms with van der Waals surface area (Å²) in [7, 11) is 0. The minimum atomic E-state index is 0.0729. The van der Waals surface area contributed by atoms with Crippen molar-refractivity contribution in [3.05, 3.63) is 39.8 Å². The first-order chi connectivity index (χ1) is 8.69. The van der Waals surface area contributed by atoms with Crippen LogP contribution in [0.15, 0.2) is 24.4 Å². The third-order valence-corrected chi connectivity index (χ3v) is 3.75. The van der Waals surface area contributed by atoms with Crippen LogP contribution in [0.25, 0.3) is 0 Å². The molecular weight excluding hydrogens is 248 g/mol. The van der Waals surface area contributed by atoms with Gasteiger partial charge in [0.15, 0.2) is 0 Å². The van der Waals surface area contributed by atoms with E-state index < -0.39 is 0 Å². The molecule has 0 atom stereocenters.